The molecule has 1 atom stereocenters. The molecule has 3 heterocycles. The van der Waals surface area contributed by atoms with Crippen molar-refractivity contribution in [2.75, 3.05) is 36.5 Å². The van der Waals surface area contributed by atoms with E-state index in [2.05, 4.69) is 20.7 Å². The number of anilines is 1. The maximum Gasteiger partial charge on any atom is 0.248 e. The van der Waals surface area contributed by atoms with Crippen molar-refractivity contribution in [3.8, 4) is 0 Å². The second-order valence-corrected chi connectivity index (χ2v) is 7.69. The van der Waals surface area contributed by atoms with Gasteiger partial charge in [0.2, 0.25) is 17.8 Å². The van der Waals surface area contributed by atoms with Crippen LogP contribution in [0.1, 0.15) is 32.1 Å². The molecule has 2 aliphatic heterocycles. The minimum atomic E-state index is -0.100. The van der Waals surface area contributed by atoms with Crippen molar-refractivity contribution in [2.24, 2.45) is 0 Å². The number of aromatic nitrogens is 3. The number of hydrogen-bond acceptors (Lipinski definition) is 6. The molecule has 3 rings (SSSR count). The molecule has 0 bridgehead atoms. The summed E-state index contributed by atoms with van der Waals surface area (Å²) in [5, 5.41) is 10.2. The van der Waals surface area contributed by atoms with Crippen LogP contribution in [0.3, 0.4) is 0 Å². The third-order valence-electron chi connectivity index (χ3n) is 4.47. The van der Waals surface area contributed by atoms with Crippen molar-refractivity contribution in [1.82, 2.24) is 25.0 Å². The zero-order valence-corrected chi connectivity index (χ0v) is 15.3. The second kappa shape index (κ2) is 9.19. The van der Waals surface area contributed by atoms with E-state index in [1.54, 1.807) is 0 Å². The Morgan fingerprint density at radius 3 is 2.80 bits per heavy atom. The molecule has 2 fully saturated rings. The molecule has 1 aromatic heterocycles. The third-order valence-corrected chi connectivity index (χ3v) is 5.60. The van der Waals surface area contributed by atoms with Gasteiger partial charge in [-0.15, -0.1) is 5.10 Å². The quantitative estimate of drug-likeness (QED) is 0.798. The Morgan fingerprint density at radius 2 is 2.08 bits per heavy atom. The van der Waals surface area contributed by atoms with Gasteiger partial charge in [0.1, 0.15) is 12.9 Å². The predicted molar refractivity (Wildman–Crippen MR) is 97.4 cm³/mol. The van der Waals surface area contributed by atoms with Gasteiger partial charge in [0.15, 0.2) is 0 Å². The molecule has 2 N–H and O–H groups in total. The molecule has 9 heteroatoms. The van der Waals surface area contributed by atoms with E-state index in [1.165, 1.54) is 23.9 Å². The Hall–Kier alpha value is -1.61. The van der Waals surface area contributed by atoms with Crippen molar-refractivity contribution < 1.29 is 9.59 Å². The summed E-state index contributed by atoms with van der Waals surface area (Å²) in [6.45, 7) is 2.75. The summed E-state index contributed by atoms with van der Waals surface area (Å²) >= 11 is 1.86. The van der Waals surface area contributed by atoms with Gasteiger partial charge in [0.25, 0.3) is 0 Å². The van der Waals surface area contributed by atoms with Crippen LogP contribution in [0.4, 0.5) is 5.95 Å². The normalized spacial score (nSPS) is 21.6. The summed E-state index contributed by atoms with van der Waals surface area (Å²) in [6, 6.07) is 0.199. The highest BCUT2D eigenvalue weighted by Crippen LogP contribution is 2.12. The first-order valence-corrected chi connectivity index (χ1v) is 10.1. The molecule has 0 aliphatic carbocycles. The first-order chi connectivity index (χ1) is 12.2. The van der Waals surface area contributed by atoms with Gasteiger partial charge in [-0.2, -0.15) is 11.8 Å². The number of nitrogens with one attached hydrogen (secondary N) is 2. The van der Waals surface area contributed by atoms with Crippen LogP contribution in [0.2, 0.25) is 0 Å². The number of likely N-dealkylation sites (tertiary alicyclic amines) is 1. The summed E-state index contributed by atoms with van der Waals surface area (Å²) < 4.78 is 1.50. The molecule has 0 radical (unpaired) electrons. The lowest BCUT2D eigenvalue weighted by Gasteiger charge is -2.22. The average Bonchev–Trinajstić information content (AvgIpc) is 2.86. The largest absolute Gasteiger partial charge is 0.341 e. The van der Waals surface area contributed by atoms with Crippen LogP contribution in [0, 0.1) is 0 Å². The van der Waals surface area contributed by atoms with Crippen molar-refractivity contribution in [2.45, 2.75) is 44.7 Å². The van der Waals surface area contributed by atoms with E-state index >= 15 is 0 Å². The molecule has 2 amide bonds. The summed E-state index contributed by atoms with van der Waals surface area (Å²) in [5.74, 6) is 2.26. The van der Waals surface area contributed by atoms with Gasteiger partial charge in [0.05, 0.1) is 0 Å². The van der Waals surface area contributed by atoms with Crippen LogP contribution in [0.25, 0.3) is 0 Å². The monoisotopic (exact) mass is 366 g/mol. The lowest BCUT2D eigenvalue weighted by atomic mass is 10.2. The van der Waals surface area contributed by atoms with Crippen LogP contribution in [0.5, 0.6) is 0 Å². The first kappa shape index (κ1) is 18.2. The molecular formula is C16H26N6O2S. The van der Waals surface area contributed by atoms with Gasteiger partial charge >= 0.3 is 0 Å². The van der Waals surface area contributed by atoms with E-state index in [0.717, 1.165) is 44.0 Å². The fourth-order valence-corrected chi connectivity index (χ4v) is 4.09. The average molecular weight is 366 g/mol. The Balaban J connectivity index is 1.46. The predicted octanol–water partition coefficient (Wildman–Crippen LogP) is 0.714. The molecule has 25 heavy (non-hydrogen) atoms. The van der Waals surface area contributed by atoms with Gasteiger partial charge in [-0.1, -0.05) is 12.8 Å². The molecule has 1 unspecified atom stereocenters. The molecule has 0 spiro atoms. The first-order valence-electron chi connectivity index (χ1n) is 8.99. The molecule has 0 saturated carbocycles. The lowest BCUT2D eigenvalue weighted by Crippen LogP contribution is -2.40. The number of amides is 2. The molecule has 1 aromatic rings. The number of nitrogens with zero attached hydrogens (tertiary/aromatic N) is 4. The Labute approximate surface area is 152 Å². The third kappa shape index (κ3) is 5.71. The molecule has 2 saturated heterocycles. The van der Waals surface area contributed by atoms with Gasteiger partial charge in [-0.3, -0.25) is 14.9 Å². The van der Waals surface area contributed by atoms with E-state index < -0.39 is 0 Å². The number of hydrogen-bond donors (Lipinski definition) is 2. The number of carbonyl (C=O) groups excluding carboxylic acids is 2. The van der Waals surface area contributed by atoms with Crippen LogP contribution in [0.15, 0.2) is 6.33 Å². The van der Waals surface area contributed by atoms with Crippen LogP contribution < -0.4 is 10.6 Å². The summed E-state index contributed by atoms with van der Waals surface area (Å²) in [5.41, 5.74) is 0. The van der Waals surface area contributed by atoms with E-state index in [9.17, 15) is 9.59 Å². The zero-order chi connectivity index (χ0) is 17.5. The van der Waals surface area contributed by atoms with E-state index in [-0.39, 0.29) is 30.3 Å². The highest BCUT2D eigenvalue weighted by atomic mass is 32.2. The molecule has 8 nitrogen and oxygen atoms in total. The van der Waals surface area contributed by atoms with E-state index in [0.29, 0.717) is 6.42 Å². The highest BCUT2D eigenvalue weighted by Gasteiger charge is 2.19. The Morgan fingerprint density at radius 1 is 1.28 bits per heavy atom. The summed E-state index contributed by atoms with van der Waals surface area (Å²) in [7, 11) is 0. The summed E-state index contributed by atoms with van der Waals surface area (Å²) in [4.78, 5) is 30.4. The molecular weight excluding hydrogens is 340 g/mol. The number of carbonyl (C=O) groups is 2. The van der Waals surface area contributed by atoms with Gasteiger partial charge in [-0.25, -0.2) is 9.67 Å². The molecule has 0 aromatic carbocycles. The molecule has 2 aliphatic rings. The van der Waals surface area contributed by atoms with Gasteiger partial charge < -0.3 is 10.2 Å². The van der Waals surface area contributed by atoms with Gasteiger partial charge in [-0.05, 0) is 12.8 Å². The van der Waals surface area contributed by atoms with Crippen molar-refractivity contribution in [3.63, 3.8) is 0 Å². The minimum absolute atomic E-state index is 0.0631. The van der Waals surface area contributed by atoms with E-state index in [1.807, 2.05) is 16.7 Å². The van der Waals surface area contributed by atoms with Gasteiger partial charge in [0, 0.05) is 43.6 Å². The van der Waals surface area contributed by atoms with Crippen molar-refractivity contribution in [3.05, 3.63) is 6.33 Å². The lowest BCUT2D eigenvalue weighted by molar-refractivity contribution is -0.132. The fourth-order valence-electron chi connectivity index (χ4n) is 3.14. The van der Waals surface area contributed by atoms with Crippen molar-refractivity contribution in [1.29, 1.82) is 0 Å². The molecule has 138 valence electrons. The van der Waals surface area contributed by atoms with Crippen LogP contribution in [-0.4, -0.2) is 68.7 Å². The van der Waals surface area contributed by atoms with Crippen molar-refractivity contribution >= 4 is 29.5 Å². The van der Waals surface area contributed by atoms with Crippen LogP contribution >= 0.6 is 11.8 Å². The SMILES string of the molecule is O=C(CC1CSCCN1)Nc1ncn(CC(=O)N2CCCCCC2)n1. The standard InChI is InChI=1S/C16H26N6O2S/c23-14(9-13-11-25-8-5-17-13)19-16-18-12-22(20-16)10-15(24)21-6-3-1-2-4-7-21/h12-13,17H,1-11H2,(H,19,20,23). The second-order valence-electron chi connectivity index (χ2n) is 6.54. The van der Waals surface area contributed by atoms with E-state index in [4.69, 9.17) is 0 Å². The number of rotatable bonds is 5. The Bertz CT molecular complexity index is 579. The minimum Gasteiger partial charge on any atom is -0.341 e. The summed E-state index contributed by atoms with van der Waals surface area (Å²) in [6.07, 6.45) is 6.43. The fraction of sp³-hybridized carbons (Fsp3) is 0.750. The highest BCUT2D eigenvalue weighted by molar-refractivity contribution is 7.99. The topological polar surface area (TPSA) is 92.2 Å². The smallest absolute Gasteiger partial charge is 0.248 e. The number of thioether (sulfide) groups is 1. The van der Waals surface area contributed by atoms with Crippen LogP contribution in [-0.2, 0) is 16.1 Å². The maximum absolute atomic E-state index is 12.4. The zero-order valence-electron chi connectivity index (χ0n) is 14.4. The maximum atomic E-state index is 12.4. The Kier molecular flexibility index (Phi) is 6.69.